The molecule has 13 heavy (non-hydrogen) atoms. The fourth-order valence-corrected chi connectivity index (χ4v) is 0.939. The molecule has 0 aromatic heterocycles. The van der Waals surface area contributed by atoms with Gasteiger partial charge in [-0.2, -0.15) is 13.2 Å². The molecule has 0 spiro atoms. The van der Waals surface area contributed by atoms with Crippen LogP contribution in [0.25, 0.3) is 0 Å². The molecule has 0 aromatic rings. The van der Waals surface area contributed by atoms with Gasteiger partial charge < -0.3 is 9.84 Å². The Morgan fingerprint density at radius 1 is 1.46 bits per heavy atom. The first-order chi connectivity index (χ1) is 5.90. The highest BCUT2D eigenvalue weighted by molar-refractivity contribution is 5.91. The standard InChI is InChI=1S/C7H7F3O3/c8-7(9,10)2-1-4-5(11)3-13-6(4)12/h11H,1-3H2. The van der Waals surface area contributed by atoms with Gasteiger partial charge in [0.25, 0.3) is 0 Å². The Morgan fingerprint density at radius 2 is 2.08 bits per heavy atom. The maximum Gasteiger partial charge on any atom is 0.389 e. The summed E-state index contributed by atoms with van der Waals surface area (Å²) >= 11 is 0. The molecule has 74 valence electrons. The largest absolute Gasteiger partial charge is 0.508 e. The zero-order valence-electron chi connectivity index (χ0n) is 6.52. The van der Waals surface area contributed by atoms with Crippen molar-refractivity contribution in [3.63, 3.8) is 0 Å². The zero-order valence-corrected chi connectivity index (χ0v) is 6.52. The molecule has 0 fully saturated rings. The number of hydrogen-bond acceptors (Lipinski definition) is 3. The second kappa shape index (κ2) is 3.27. The summed E-state index contributed by atoms with van der Waals surface area (Å²) in [6.45, 7) is -0.313. The molecule has 1 heterocycles. The lowest BCUT2D eigenvalue weighted by Crippen LogP contribution is -2.09. The number of hydrogen-bond donors (Lipinski definition) is 1. The fraction of sp³-hybridized carbons (Fsp3) is 0.571. The summed E-state index contributed by atoms with van der Waals surface area (Å²) in [5.74, 6) is -1.25. The summed E-state index contributed by atoms with van der Waals surface area (Å²) in [5.41, 5.74) is -0.266. The van der Waals surface area contributed by atoms with Gasteiger partial charge in [0.2, 0.25) is 0 Å². The molecule has 1 rings (SSSR count). The van der Waals surface area contributed by atoms with Crippen molar-refractivity contribution in [1.82, 2.24) is 0 Å². The molecular weight excluding hydrogens is 189 g/mol. The average Bonchev–Trinajstić information content (AvgIpc) is 2.27. The second-order valence-electron chi connectivity index (χ2n) is 2.62. The van der Waals surface area contributed by atoms with Gasteiger partial charge in [-0.15, -0.1) is 0 Å². The van der Waals surface area contributed by atoms with Gasteiger partial charge in [0.15, 0.2) is 0 Å². The van der Waals surface area contributed by atoms with Crippen molar-refractivity contribution in [3.8, 4) is 0 Å². The van der Waals surface area contributed by atoms with E-state index < -0.39 is 30.7 Å². The van der Waals surface area contributed by atoms with E-state index in [0.29, 0.717) is 0 Å². The van der Waals surface area contributed by atoms with Crippen LogP contribution in [-0.2, 0) is 9.53 Å². The number of carbonyl (C=O) groups excluding carboxylic acids is 1. The van der Waals surface area contributed by atoms with Gasteiger partial charge in [0, 0.05) is 6.42 Å². The lowest BCUT2D eigenvalue weighted by atomic mass is 10.1. The third-order valence-electron chi connectivity index (χ3n) is 1.59. The monoisotopic (exact) mass is 196 g/mol. The third-order valence-corrected chi connectivity index (χ3v) is 1.59. The van der Waals surface area contributed by atoms with Gasteiger partial charge >= 0.3 is 12.1 Å². The van der Waals surface area contributed by atoms with Crippen molar-refractivity contribution in [2.24, 2.45) is 0 Å². The summed E-state index contributed by atoms with van der Waals surface area (Å²) in [6.07, 6.45) is -5.97. The van der Waals surface area contributed by atoms with E-state index in [1.807, 2.05) is 0 Å². The Labute approximate surface area is 71.8 Å². The van der Waals surface area contributed by atoms with Crippen molar-refractivity contribution < 1.29 is 27.8 Å². The van der Waals surface area contributed by atoms with Crippen LogP contribution in [-0.4, -0.2) is 23.9 Å². The normalized spacial score (nSPS) is 17.9. The van der Waals surface area contributed by atoms with Gasteiger partial charge in [0.1, 0.15) is 12.4 Å². The topological polar surface area (TPSA) is 46.5 Å². The molecule has 6 heteroatoms. The number of halogens is 3. The molecule has 0 atom stereocenters. The first-order valence-electron chi connectivity index (χ1n) is 3.55. The number of ether oxygens (including phenoxy) is 1. The molecule has 1 aliphatic heterocycles. The first-order valence-corrected chi connectivity index (χ1v) is 3.55. The maximum atomic E-state index is 11.7. The van der Waals surface area contributed by atoms with Crippen LogP contribution in [0.1, 0.15) is 12.8 Å². The van der Waals surface area contributed by atoms with Crippen molar-refractivity contribution in [1.29, 1.82) is 0 Å². The molecule has 1 aliphatic rings. The van der Waals surface area contributed by atoms with Gasteiger partial charge in [0.05, 0.1) is 5.57 Å². The fourth-order valence-electron chi connectivity index (χ4n) is 0.939. The van der Waals surface area contributed by atoms with Gasteiger partial charge in [-0.25, -0.2) is 4.79 Å². The van der Waals surface area contributed by atoms with Gasteiger partial charge in [-0.3, -0.25) is 0 Å². The molecule has 0 unspecified atom stereocenters. The Morgan fingerprint density at radius 3 is 2.46 bits per heavy atom. The second-order valence-corrected chi connectivity index (χ2v) is 2.62. The summed E-state index contributed by atoms with van der Waals surface area (Å²) in [4.78, 5) is 10.7. The Kier molecular flexibility index (Phi) is 2.49. The van der Waals surface area contributed by atoms with Crippen LogP contribution in [0.2, 0.25) is 0 Å². The highest BCUT2D eigenvalue weighted by Crippen LogP contribution is 2.27. The molecule has 0 radical (unpaired) electrons. The van der Waals surface area contributed by atoms with Gasteiger partial charge in [-0.1, -0.05) is 0 Å². The summed E-state index contributed by atoms with van der Waals surface area (Å²) in [7, 11) is 0. The molecule has 0 aliphatic carbocycles. The van der Waals surface area contributed by atoms with E-state index in [1.54, 1.807) is 0 Å². The van der Waals surface area contributed by atoms with E-state index >= 15 is 0 Å². The van der Waals surface area contributed by atoms with E-state index in [4.69, 9.17) is 5.11 Å². The Balaban J connectivity index is 2.54. The van der Waals surface area contributed by atoms with Crippen LogP contribution in [0.15, 0.2) is 11.3 Å². The van der Waals surface area contributed by atoms with Crippen molar-refractivity contribution in [2.75, 3.05) is 6.61 Å². The summed E-state index contributed by atoms with van der Waals surface area (Å²) in [5, 5.41) is 8.92. The minimum absolute atomic E-state index is 0.266. The van der Waals surface area contributed by atoms with E-state index in [9.17, 15) is 18.0 Å². The van der Waals surface area contributed by atoms with Crippen LogP contribution >= 0.6 is 0 Å². The lowest BCUT2D eigenvalue weighted by molar-refractivity contribution is -0.139. The summed E-state index contributed by atoms with van der Waals surface area (Å²) < 4.78 is 39.4. The zero-order chi connectivity index (χ0) is 10.1. The third kappa shape index (κ3) is 2.64. The van der Waals surface area contributed by atoms with E-state index in [0.717, 1.165) is 0 Å². The van der Waals surface area contributed by atoms with Crippen molar-refractivity contribution in [2.45, 2.75) is 19.0 Å². The van der Waals surface area contributed by atoms with Crippen LogP contribution in [0.5, 0.6) is 0 Å². The van der Waals surface area contributed by atoms with Crippen molar-refractivity contribution in [3.05, 3.63) is 11.3 Å². The molecule has 1 N–H and O–H groups in total. The minimum Gasteiger partial charge on any atom is -0.508 e. The molecule has 0 aromatic carbocycles. The number of aliphatic hydroxyl groups excluding tert-OH is 1. The quantitative estimate of drug-likeness (QED) is 0.683. The molecule has 0 amide bonds. The molecule has 0 saturated carbocycles. The van der Waals surface area contributed by atoms with E-state index in [2.05, 4.69) is 4.74 Å². The highest BCUT2D eigenvalue weighted by Gasteiger charge is 2.31. The lowest BCUT2D eigenvalue weighted by Gasteiger charge is -2.04. The number of esters is 1. The molecule has 3 nitrogen and oxygen atoms in total. The smallest absolute Gasteiger partial charge is 0.389 e. The Hall–Kier alpha value is -1.20. The molecule has 0 bridgehead atoms. The van der Waals surface area contributed by atoms with Crippen LogP contribution < -0.4 is 0 Å². The Bertz CT molecular complexity index is 254. The van der Waals surface area contributed by atoms with E-state index in [-0.39, 0.29) is 12.2 Å². The average molecular weight is 196 g/mol. The van der Waals surface area contributed by atoms with Crippen LogP contribution in [0.4, 0.5) is 13.2 Å². The first kappa shape index (κ1) is 9.88. The number of cyclic esters (lactones) is 1. The predicted octanol–water partition coefficient (Wildman–Crippen LogP) is 1.70. The summed E-state index contributed by atoms with van der Waals surface area (Å²) in [6, 6.07) is 0. The minimum atomic E-state index is -4.32. The van der Waals surface area contributed by atoms with Gasteiger partial charge in [-0.05, 0) is 6.42 Å². The number of alkyl halides is 3. The molecule has 0 saturated heterocycles. The highest BCUT2D eigenvalue weighted by atomic mass is 19.4. The number of aliphatic hydroxyl groups is 1. The van der Waals surface area contributed by atoms with Crippen LogP contribution in [0.3, 0.4) is 0 Å². The number of rotatable bonds is 2. The van der Waals surface area contributed by atoms with E-state index in [1.165, 1.54) is 0 Å². The number of carbonyl (C=O) groups is 1. The molecular formula is C7H7F3O3. The van der Waals surface area contributed by atoms with Crippen LogP contribution in [0, 0.1) is 0 Å². The SMILES string of the molecule is O=C1OCC(O)=C1CCC(F)(F)F. The predicted molar refractivity (Wildman–Crippen MR) is 35.9 cm³/mol. The maximum absolute atomic E-state index is 11.7. The van der Waals surface area contributed by atoms with Crippen molar-refractivity contribution >= 4 is 5.97 Å².